The minimum Gasteiger partial charge on any atom is -0.481 e. The molecule has 1 fully saturated rings. The summed E-state index contributed by atoms with van der Waals surface area (Å²) in [5, 5.41) is 53.5. The molecule has 0 aromatic rings. The first-order chi connectivity index (χ1) is 34.2. The standard InChI is InChI=1S/C22H32O17.C7H6O7.C6H11NO2.C5H8O4.CH4O/c1-12(34-7-14(25)6-23)3-19(30)36-8-15(9-37-20(31)4-17(26)27)35-10-16(11-38-22(33)13(2)24)39-21(32)5-18(28)29;1-4(9)7(12)14-6(11)2-5(10)13-3-8;1-9-6(8)5-3-2-4-7-5;1-9-5(8)3-2-4(6)7;1-2/h12,14-16,23,25H,3-11H2,1-2H3,(H,26,27)(H,28,29);3H,2H2,1H3;5,7H,2-4H2,1H3;2-3H2,1H3,(H,6,7);2H,1H3/t;;5-;;/m..0../s1. The molecule has 1 rings (SSSR count). The lowest BCUT2D eigenvalue weighted by molar-refractivity contribution is -0.172. The summed E-state index contributed by atoms with van der Waals surface area (Å²) in [6.07, 6.45) is -5.97. The number of hydrogen-bond acceptors (Lipinski definition) is 29. The van der Waals surface area contributed by atoms with Crippen molar-refractivity contribution >= 4 is 89.7 Å². The molecule has 7 N–H and O–H groups in total. The normalized spacial score (nSPS) is 13.4. The molecular weight excluding hydrogens is 1000 g/mol. The monoisotopic (exact) mass is 1060 g/mol. The molecule has 1 saturated heterocycles. The topological polar surface area (TPSA) is 482 Å². The van der Waals surface area contributed by atoms with E-state index in [2.05, 4.69) is 29.0 Å². The van der Waals surface area contributed by atoms with Crippen LogP contribution < -0.4 is 5.32 Å². The van der Waals surface area contributed by atoms with E-state index in [0.717, 1.165) is 40.3 Å². The summed E-state index contributed by atoms with van der Waals surface area (Å²) in [4.78, 5) is 162. The third-order valence-electron chi connectivity index (χ3n) is 7.47. The van der Waals surface area contributed by atoms with Crippen molar-refractivity contribution in [1.82, 2.24) is 5.32 Å². The third kappa shape index (κ3) is 45.5. The maximum Gasteiger partial charge on any atom is 0.381 e. The minimum atomic E-state index is -1.51. The Bertz CT molecular complexity index is 1810. The van der Waals surface area contributed by atoms with Crippen molar-refractivity contribution < 1.29 is 150 Å². The third-order valence-corrected chi connectivity index (χ3v) is 7.47. The van der Waals surface area contributed by atoms with Crippen LogP contribution >= 0.6 is 0 Å². The molecule has 0 aromatic carbocycles. The number of carbonyl (C=O) groups is 15. The highest BCUT2D eigenvalue weighted by Gasteiger charge is 2.25. The highest BCUT2D eigenvalue weighted by Crippen LogP contribution is 2.08. The van der Waals surface area contributed by atoms with Gasteiger partial charge in [0.05, 0.1) is 59.4 Å². The van der Waals surface area contributed by atoms with Gasteiger partial charge in [0.2, 0.25) is 11.6 Å². The highest BCUT2D eigenvalue weighted by molar-refractivity contribution is 6.34. The minimum absolute atomic E-state index is 0.0324. The summed E-state index contributed by atoms with van der Waals surface area (Å²) in [6, 6.07) is -0.0324. The Kier molecular flexibility index (Phi) is 44.0. The number of nitrogens with one attached hydrogen (secondary N) is 1. The average molecular weight is 1060 g/mol. The van der Waals surface area contributed by atoms with E-state index in [9.17, 15) is 77.0 Å². The molecule has 1 aliphatic rings. The van der Waals surface area contributed by atoms with Crippen LogP contribution in [0.2, 0.25) is 0 Å². The zero-order chi connectivity index (χ0) is 57.1. The zero-order valence-electron chi connectivity index (χ0n) is 40.5. The second-order valence-electron chi connectivity index (χ2n) is 13.6. The zero-order valence-corrected chi connectivity index (χ0v) is 40.5. The number of methoxy groups -OCH3 is 2. The number of carbonyl (C=O) groups excluding carboxylic acids is 12. The maximum absolute atomic E-state index is 12.1. The van der Waals surface area contributed by atoms with Gasteiger partial charge in [0.25, 0.3) is 0 Å². The molecule has 416 valence electrons. The summed E-state index contributed by atoms with van der Waals surface area (Å²) in [5.74, 6) is -14.8. The summed E-state index contributed by atoms with van der Waals surface area (Å²) in [7, 11) is 3.65. The van der Waals surface area contributed by atoms with Crippen molar-refractivity contribution in [2.24, 2.45) is 0 Å². The Morgan fingerprint density at radius 1 is 0.616 bits per heavy atom. The van der Waals surface area contributed by atoms with Gasteiger partial charge in [0.1, 0.15) is 57.3 Å². The van der Waals surface area contributed by atoms with Crippen molar-refractivity contribution in [2.75, 3.05) is 67.5 Å². The molecule has 0 spiro atoms. The lowest BCUT2D eigenvalue weighted by atomic mass is 10.2. The van der Waals surface area contributed by atoms with Gasteiger partial charge in [-0.05, 0) is 26.3 Å². The molecule has 1 heterocycles. The fourth-order valence-corrected chi connectivity index (χ4v) is 4.12. The van der Waals surface area contributed by atoms with Gasteiger partial charge in [-0.15, -0.1) is 0 Å². The van der Waals surface area contributed by atoms with Crippen LogP contribution in [-0.2, 0) is 119 Å². The molecule has 73 heavy (non-hydrogen) atoms. The van der Waals surface area contributed by atoms with Gasteiger partial charge in [-0.1, -0.05) is 0 Å². The van der Waals surface area contributed by atoms with Crippen LogP contribution in [0, 0.1) is 0 Å². The maximum atomic E-state index is 12.1. The number of rotatable bonds is 29. The number of Topliss-reactive ketones (excluding diaryl/α,β-unsaturated/α-hetero) is 2. The van der Waals surface area contributed by atoms with Crippen molar-refractivity contribution in [2.45, 2.75) is 103 Å². The van der Waals surface area contributed by atoms with Crippen molar-refractivity contribution in [3.8, 4) is 0 Å². The largest absolute Gasteiger partial charge is 0.481 e. The molecule has 0 aromatic heterocycles. The van der Waals surface area contributed by atoms with E-state index in [1.807, 2.05) is 0 Å². The Balaban J connectivity index is -0.000000558. The number of aliphatic hydroxyl groups is 3. The first-order valence-corrected chi connectivity index (χ1v) is 20.8. The summed E-state index contributed by atoms with van der Waals surface area (Å²) in [5.41, 5.74) is 0. The summed E-state index contributed by atoms with van der Waals surface area (Å²) < 4.78 is 46.3. The van der Waals surface area contributed by atoms with Gasteiger partial charge in [-0.2, -0.15) is 0 Å². The van der Waals surface area contributed by atoms with E-state index in [4.69, 9.17) is 49.2 Å². The molecule has 32 nitrogen and oxygen atoms in total. The van der Waals surface area contributed by atoms with E-state index in [1.54, 1.807) is 0 Å². The van der Waals surface area contributed by atoms with Crippen LogP contribution in [0.3, 0.4) is 0 Å². The lowest BCUT2D eigenvalue weighted by Gasteiger charge is -2.22. The Morgan fingerprint density at radius 3 is 1.63 bits per heavy atom. The van der Waals surface area contributed by atoms with Crippen LogP contribution in [0.4, 0.5) is 0 Å². The van der Waals surface area contributed by atoms with Gasteiger partial charge in [0, 0.05) is 21.0 Å². The Hall–Kier alpha value is -7.39. The molecule has 32 heteroatoms. The number of aliphatic carboxylic acids is 3. The van der Waals surface area contributed by atoms with Crippen molar-refractivity contribution in [3.63, 3.8) is 0 Å². The predicted octanol–water partition coefficient (Wildman–Crippen LogP) is -4.12. The van der Waals surface area contributed by atoms with Gasteiger partial charge in [-0.3, -0.25) is 62.3 Å². The number of ether oxygens (including phenoxy) is 10. The van der Waals surface area contributed by atoms with E-state index < -0.39 is 154 Å². The lowest BCUT2D eigenvalue weighted by Crippen LogP contribution is -2.36. The molecule has 4 unspecified atom stereocenters. The second kappa shape index (κ2) is 44.5. The van der Waals surface area contributed by atoms with Crippen LogP contribution in [0.15, 0.2) is 0 Å². The Morgan fingerprint density at radius 2 is 1.16 bits per heavy atom. The van der Waals surface area contributed by atoms with E-state index in [0.29, 0.717) is 0 Å². The number of carboxylic acid groups (broad SMARTS) is 3. The van der Waals surface area contributed by atoms with Gasteiger partial charge in [0.15, 0.2) is 6.10 Å². The summed E-state index contributed by atoms with van der Waals surface area (Å²) in [6.45, 7) is 0.778. The van der Waals surface area contributed by atoms with Crippen LogP contribution in [0.5, 0.6) is 0 Å². The van der Waals surface area contributed by atoms with Crippen LogP contribution in [0.1, 0.15) is 72.1 Å². The molecular formula is C41H61NO31. The molecule has 5 atom stereocenters. The van der Waals surface area contributed by atoms with Crippen LogP contribution in [0.25, 0.3) is 0 Å². The van der Waals surface area contributed by atoms with Gasteiger partial charge in [-0.25, -0.2) is 9.59 Å². The second-order valence-corrected chi connectivity index (χ2v) is 13.6. The molecule has 1 aliphatic heterocycles. The fourth-order valence-electron chi connectivity index (χ4n) is 4.12. The Labute approximate surface area is 414 Å². The predicted molar refractivity (Wildman–Crippen MR) is 229 cm³/mol. The number of esters is 9. The highest BCUT2D eigenvalue weighted by atomic mass is 16.6. The first kappa shape index (κ1) is 72.2. The van der Waals surface area contributed by atoms with E-state index in [1.165, 1.54) is 21.1 Å². The SMILES string of the molecule is CC(=O)C(=O)OC(=O)CC(=O)OC=O.CC(=O)C(=O)OCC(COC(COC(=O)CC(=O)O)COC(=O)CC(C)OCC(O)CO)OC(=O)CC(=O)O.CO.COC(=O)CCC(=O)O.COC(=O)[C@@H]1CCCN1. The number of hydrogen-bond donors (Lipinski definition) is 7. The fraction of sp³-hybridized carbons (Fsp3) is 0.634. The summed E-state index contributed by atoms with van der Waals surface area (Å²) >= 11 is 0. The van der Waals surface area contributed by atoms with E-state index in [-0.39, 0.29) is 44.4 Å². The van der Waals surface area contributed by atoms with Crippen molar-refractivity contribution in [1.29, 1.82) is 0 Å². The molecule has 0 radical (unpaired) electrons. The molecule has 0 saturated carbocycles. The van der Waals surface area contributed by atoms with E-state index >= 15 is 0 Å². The molecule has 0 amide bonds. The average Bonchev–Trinajstić information content (AvgIpc) is 3.87. The first-order valence-electron chi connectivity index (χ1n) is 20.8. The van der Waals surface area contributed by atoms with Crippen LogP contribution in [-0.4, -0.2) is 218 Å². The molecule has 0 aliphatic carbocycles. The number of ketones is 2. The molecule has 0 bridgehead atoms. The smallest absolute Gasteiger partial charge is 0.381 e. The van der Waals surface area contributed by atoms with Gasteiger partial charge < -0.3 is 83.3 Å². The quantitative estimate of drug-likeness (QED) is 0.0123. The van der Waals surface area contributed by atoms with Crippen molar-refractivity contribution in [3.05, 3.63) is 0 Å². The number of aliphatic hydroxyl groups excluding tert-OH is 3. The van der Waals surface area contributed by atoms with Gasteiger partial charge >= 0.3 is 78.1 Å². The number of carboxylic acids is 3.